The highest BCUT2D eigenvalue weighted by Crippen LogP contribution is 2.13. The number of carbonyl (C=O) groups is 2. The fraction of sp³-hybridized carbons (Fsp3) is 0.263. The number of benzene rings is 2. The highest BCUT2D eigenvalue weighted by atomic mass is 16.5. The molecule has 0 aliphatic heterocycles. The van der Waals surface area contributed by atoms with Gasteiger partial charge >= 0.3 is 5.97 Å². The van der Waals surface area contributed by atoms with Crippen molar-refractivity contribution in [3.63, 3.8) is 0 Å². The Morgan fingerprint density at radius 3 is 2.33 bits per heavy atom. The molecule has 0 bridgehead atoms. The molecule has 0 aromatic heterocycles. The smallest absolute Gasteiger partial charge is 0.338 e. The Kier molecular flexibility index (Phi) is 6.37. The lowest BCUT2D eigenvalue weighted by molar-refractivity contribution is -0.124. The average molecular weight is 327 g/mol. The molecule has 5 nitrogen and oxygen atoms in total. The summed E-state index contributed by atoms with van der Waals surface area (Å²) in [5, 5.41) is 2.79. The van der Waals surface area contributed by atoms with Crippen LogP contribution >= 0.6 is 0 Å². The van der Waals surface area contributed by atoms with Crippen molar-refractivity contribution in [3.8, 4) is 5.75 Å². The molecule has 0 aliphatic rings. The van der Waals surface area contributed by atoms with Gasteiger partial charge < -0.3 is 14.8 Å². The summed E-state index contributed by atoms with van der Waals surface area (Å²) in [5.74, 6) is -0.199. The van der Waals surface area contributed by atoms with Crippen molar-refractivity contribution in [1.82, 2.24) is 5.32 Å². The van der Waals surface area contributed by atoms with Gasteiger partial charge in [-0.3, -0.25) is 4.79 Å². The van der Waals surface area contributed by atoms with Gasteiger partial charge in [-0.05, 0) is 43.7 Å². The standard InChI is InChI=1S/C19H21NO4/c1-3-23-17-11-9-16(10-12-17)19(22)24-13-18(21)20-14(2)15-7-5-4-6-8-15/h4-12,14H,3,13H2,1-2H3,(H,20,21)/t14-/m0/s1. The van der Waals surface area contributed by atoms with E-state index >= 15 is 0 Å². The quantitative estimate of drug-likeness (QED) is 0.794. The van der Waals surface area contributed by atoms with Gasteiger partial charge in [-0.25, -0.2) is 4.79 Å². The summed E-state index contributed by atoms with van der Waals surface area (Å²) in [7, 11) is 0. The minimum atomic E-state index is -0.541. The molecule has 0 radical (unpaired) electrons. The number of nitrogens with one attached hydrogen (secondary N) is 1. The van der Waals surface area contributed by atoms with Crippen molar-refractivity contribution in [2.24, 2.45) is 0 Å². The van der Waals surface area contributed by atoms with Gasteiger partial charge in [0.2, 0.25) is 0 Å². The molecule has 24 heavy (non-hydrogen) atoms. The van der Waals surface area contributed by atoms with Gasteiger partial charge in [0.15, 0.2) is 6.61 Å². The Hall–Kier alpha value is -2.82. The molecule has 0 heterocycles. The van der Waals surface area contributed by atoms with Crippen LogP contribution in [0.25, 0.3) is 0 Å². The SMILES string of the molecule is CCOc1ccc(C(=O)OCC(=O)N[C@@H](C)c2ccccc2)cc1. The maximum absolute atomic E-state index is 11.9. The zero-order valence-electron chi connectivity index (χ0n) is 13.8. The van der Waals surface area contributed by atoms with Crippen molar-refractivity contribution in [2.75, 3.05) is 13.2 Å². The predicted molar refractivity (Wildman–Crippen MR) is 90.9 cm³/mol. The van der Waals surface area contributed by atoms with Crippen molar-refractivity contribution in [3.05, 3.63) is 65.7 Å². The summed E-state index contributed by atoms with van der Waals surface area (Å²) in [6.45, 7) is 4.01. The third-order valence-electron chi connectivity index (χ3n) is 3.41. The van der Waals surface area contributed by atoms with E-state index in [9.17, 15) is 9.59 Å². The molecule has 2 aromatic carbocycles. The predicted octanol–water partition coefficient (Wildman–Crippen LogP) is 3.12. The van der Waals surface area contributed by atoms with E-state index in [0.29, 0.717) is 17.9 Å². The molecule has 2 rings (SSSR count). The van der Waals surface area contributed by atoms with Crippen LogP contribution in [0.5, 0.6) is 5.75 Å². The van der Waals surface area contributed by atoms with Gasteiger partial charge in [-0.2, -0.15) is 0 Å². The Balaban J connectivity index is 1.81. The molecule has 1 amide bonds. The van der Waals surface area contributed by atoms with E-state index in [0.717, 1.165) is 5.56 Å². The molecule has 126 valence electrons. The first-order valence-electron chi connectivity index (χ1n) is 7.84. The van der Waals surface area contributed by atoms with E-state index in [2.05, 4.69) is 5.32 Å². The summed E-state index contributed by atoms with van der Waals surface area (Å²) >= 11 is 0. The van der Waals surface area contributed by atoms with Crippen LogP contribution in [0, 0.1) is 0 Å². The first kappa shape index (κ1) is 17.5. The number of carbonyl (C=O) groups excluding carboxylic acids is 2. The molecule has 5 heteroatoms. The lowest BCUT2D eigenvalue weighted by Crippen LogP contribution is -2.31. The summed E-state index contributed by atoms with van der Waals surface area (Å²) in [5.41, 5.74) is 1.37. The summed E-state index contributed by atoms with van der Waals surface area (Å²) in [6.07, 6.45) is 0. The molecule has 2 aromatic rings. The van der Waals surface area contributed by atoms with E-state index in [1.165, 1.54) is 0 Å². The van der Waals surface area contributed by atoms with Crippen LogP contribution in [0.1, 0.15) is 35.8 Å². The zero-order chi connectivity index (χ0) is 17.4. The van der Waals surface area contributed by atoms with E-state index < -0.39 is 5.97 Å². The molecule has 0 saturated heterocycles. The van der Waals surface area contributed by atoms with Crippen LogP contribution in [-0.4, -0.2) is 25.1 Å². The summed E-state index contributed by atoms with van der Waals surface area (Å²) < 4.78 is 10.3. The van der Waals surface area contributed by atoms with Crippen LogP contribution in [0.3, 0.4) is 0 Å². The monoisotopic (exact) mass is 327 g/mol. The molecular formula is C19H21NO4. The second kappa shape index (κ2) is 8.72. The maximum Gasteiger partial charge on any atom is 0.338 e. The van der Waals surface area contributed by atoms with Gasteiger partial charge in [-0.15, -0.1) is 0 Å². The topological polar surface area (TPSA) is 64.6 Å². The second-order valence-corrected chi connectivity index (χ2v) is 5.23. The van der Waals surface area contributed by atoms with Gasteiger partial charge in [0.05, 0.1) is 18.2 Å². The van der Waals surface area contributed by atoms with Gasteiger partial charge in [0.25, 0.3) is 5.91 Å². The molecule has 1 N–H and O–H groups in total. The lowest BCUT2D eigenvalue weighted by Gasteiger charge is -2.14. The van der Waals surface area contributed by atoms with Gasteiger partial charge in [0.1, 0.15) is 5.75 Å². The first-order chi connectivity index (χ1) is 11.6. The van der Waals surface area contributed by atoms with Crippen molar-refractivity contribution in [2.45, 2.75) is 19.9 Å². The third kappa shape index (κ3) is 5.12. The number of ether oxygens (including phenoxy) is 2. The number of amides is 1. The number of hydrogen-bond donors (Lipinski definition) is 1. The Morgan fingerprint density at radius 2 is 1.71 bits per heavy atom. The highest BCUT2D eigenvalue weighted by molar-refractivity contribution is 5.91. The minimum absolute atomic E-state index is 0.150. The van der Waals surface area contributed by atoms with Crippen LogP contribution in [0.2, 0.25) is 0 Å². The van der Waals surface area contributed by atoms with Gasteiger partial charge in [-0.1, -0.05) is 30.3 Å². The maximum atomic E-state index is 11.9. The zero-order valence-corrected chi connectivity index (χ0v) is 13.8. The summed E-state index contributed by atoms with van der Waals surface area (Å²) in [4.78, 5) is 23.8. The highest BCUT2D eigenvalue weighted by Gasteiger charge is 2.13. The second-order valence-electron chi connectivity index (χ2n) is 5.23. The lowest BCUT2D eigenvalue weighted by atomic mass is 10.1. The van der Waals surface area contributed by atoms with Gasteiger partial charge in [0, 0.05) is 0 Å². The largest absolute Gasteiger partial charge is 0.494 e. The first-order valence-corrected chi connectivity index (χ1v) is 7.84. The van der Waals surface area contributed by atoms with Crippen molar-refractivity contribution in [1.29, 1.82) is 0 Å². The average Bonchev–Trinajstić information content (AvgIpc) is 2.61. The molecular weight excluding hydrogens is 306 g/mol. The Labute approximate surface area is 141 Å². The molecule has 1 atom stereocenters. The van der Waals surface area contributed by atoms with Crippen LogP contribution in [-0.2, 0) is 9.53 Å². The fourth-order valence-corrected chi connectivity index (χ4v) is 2.18. The van der Waals surface area contributed by atoms with Crippen LogP contribution < -0.4 is 10.1 Å². The number of esters is 1. The summed E-state index contributed by atoms with van der Waals surface area (Å²) in [6, 6.07) is 16.0. The fourth-order valence-electron chi connectivity index (χ4n) is 2.18. The van der Waals surface area contributed by atoms with E-state index in [-0.39, 0.29) is 18.6 Å². The van der Waals surface area contributed by atoms with Crippen molar-refractivity contribution >= 4 is 11.9 Å². The molecule has 0 spiro atoms. The van der Waals surface area contributed by atoms with Crippen LogP contribution in [0.4, 0.5) is 0 Å². The molecule has 0 fully saturated rings. The number of rotatable bonds is 7. The van der Waals surface area contributed by atoms with E-state index in [1.807, 2.05) is 44.2 Å². The van der Waals surface area contributed by atoms with E-state index in [4.69, 9.17) is 9.47 Å². The van der Waals surface area contributed by atoms with Crippen LogP contribution in [0.15, 0.2) is 54.6 Å². The van der Waals surface area contributed by atoms with Crippen molar-refractivity contribution < 1.29 is 19.1 Å². The normalized spacial score (nSPS) is 11.4. The Bertz CT molecular complexity index is 668. The Morgan fingerprint density at radius 1 is 1.04 bits per heavy atom. The molecule has 0 saturated carbocycles. The number of hydrogen-bond acceptors (Lipinski definition) is 4. The third-order valence-corrected chi connectivity index (χ3v) is 3.41. The molecule has 0 unspecified atom stereocenters. The molecule has 0 aliphatic carbocycles. The van der Waals surface area contributed by atoms with E-state index in [1.54, 1.807) is 24.3 Å². The minimum Gasteiger partial charge on any atom is -0.494 e.